The second-order valence-electron chi connectivity index (χ2n) is 4.06. The second kappa shape index (κ2) is 4.90. The first-order valence-corrected chi connectivity index (χ1v) is 5.52. The third-order valence-corrected chi connectivity index (χ3v) is 2.99. The normalized spacial score (nSPS) is 16.8. The number of hydrogen-bond acceptors (Lipinski definition) is 5. The smallest absolute Gasteiger partial charge is 0.311 e. The Balaban J connectivity index is 2.18. The van der Waals surface area contributed by atoms with Gasteiger partial charge in [-0.05, 0) is 18.9 Å². The number of nitro groups is 1. The monoisotopic (exact) mass is 235 g/mol. The van der Waals surface area contributed by atoms with E-state index in [0.29, 0.717) is 18.9 Å². The van der Waals surface area contributed by atoms with Crippen LogP contribution in [0.1, 0.15) is 12.8 Å². The Labute approximate surface area is 98.4 Å². The van der Waals surface area contributed by atoms with Crippen molar-refractivity contribution in [2.24, 2.45) is 5.92 Å². The zero-order chi connectivity index (χ0) is 12.3. The summed E-state index contributed by atoms with van der Waals surface area (Å²) in [4.78, 5) is 27.0. The Morgan fingerprint density at radius 3 is 2.76 bits per heavy atom. The summed E-state index contributed by atoms with van der Waals surface area (Å²) < 4.78 is 0. The molecule has 17 heavy (non-hydrogen) atoms. The van der Waals surface area contributed by atoms with E-state index in [2.05, 4.69) is 4.98 Å². The van der Waals surface area contributed by atoms with Crippen molar-refractivity contribution >= 4 is 17.8 Å². The summed E-state index contributed by atoms with van der Waals surface area (Å²) in [6, 6.07) is 3.01. The number of carbonyl (C=O) groups is 1. The summed E-state index contributed by atoms with van der Waals surface area (Å²) in [7, 11) is 0. The molecule has 0 aromatic carbocycles. The molecule has 2 rings (SSSR count). The third kappa shape index (κ3) is 2.41. The van der Waals surface area contributed by atoms with Crippen molar-refractivity contribution in [3.05, 3.63) is 28.4 Å². The minimum absolute atomic E-state index is 0.0250. The third-order valence-electron chi connectivity index (χ3n) is 2.99. The van der Waals surface area contributed by atoms with E-state index in [0.717, 1.165) is 19.1 Å². The van der Waals surface area contributed by atoms with E-state index in [1.54, 1.807) is 12.3 Å². The van der Waals surface area contributed by atoms with Crippen molar-refractivity contribution in [1.29, 1.82) is 0 Å². The van der Waals surface area contributed by atoms with Crippen LogP contribution in [-0.2, 0) is 4.79 Å². The highest BCUT2D eigenvalue weighted by Crippen LogP contribution is 2.28. The molecule has 0 saturated carbocycles. The quantitative estimate of drug-likeness (QED) is 0.449. The molecular weight excluding hydrogens is 222 g/mol. The maximum atomic E-state index is 10.9. The molecule has 2 heterocycles. The van der Waals surface area contributed by atoms with E-state index in [4.69, 9.17) is 0 Å². The van der Waals surface area contributed by atoms with Gasteiger partial charge in [-0.3, -0.25) is 10.1 Å². The molecule has 6 nitrogen and oxygen atoms in total. The van der Waals surface area contributed by atoms with Gasteiger partial charge in [-0.25, -0.2) is 4.98 Å². The number of piperidine rings is 1. The number of hydrogen-bond donors (Lipinski definition) is 0. The minimum Gasteiger partial charge on any atom is -0.351 e. The molecule has 0 aliphatic carbocycles. The molecule has 1 aliphatic rings. The Kier molecular flexibility index (Phi) is 3.32. The molecule has 0 unspecified atom stereocenters. The number of pyridine rings is 1. The summed E-state index contributed by atoms with van der Waals surface area (Å²) in [6.45, 7) is 1.28. The van der Waals surface area contributed by atoms with E-state index in [1.807, 2.05) is 4.90 Å². The first kappa shape index (κ1) is 11.5. The Bertz CT molecular complexity index is 428. The standard InChI is InChI=1S/C11H13N3O3/c15-8-9-3-6-13(7-4-9)11-10(14(16)17)2-1-5-12-11/h1-2,5,8-9H,3-4,6-7H2. The lowest BCUT2D eigenvalue weighted by Crippen LogP contribution is -2.35. The first-order valence-electron chi connectivity index (χ1n) is 5.52. The second-order valence-corrected chi connectivity index (χ2v) is 4.06. The minimum atomic E-state index is -0.422. The van der Waals surface area contributed by atoms with Crippen LogP contribution in [-0.4, -0.2) is 29.3 Å². The Morgan fingerprint density at radius 2 is 2.18 bits per heavy atom. The van der Waals surface area contributed by atoms with Gasteiger partial charge in [0, 0.05) is 31.3 Å². The van der Waals surface area contributed by atoms with Gasteiger partial charge >= 0.3 is 5.69 Å². The van der Waals surface area contributed by atoms with Crippen molar-refractivity contribution in [2.75, 3.05) is 18.0 Å². The molecule has 1 aromatic rings. The topological polar surface area (TPSA) is 76.3 Å². The van der Waals surface area contributed by atoms with Crippen molar-refractivity contribution in [2.45, 2.75) is 12.8 Å². The molecule has 0 amide bonds. The molecule has 90 valence electrons. The molecule has 0 spiro atoms. The largest absolute Gasteiger partial charge is 0.351 e. The van der Waals surface area contributed by atoms with E-state index >= 15 is 0 Å². The summed E-state index contributed by atoms with van der Waals surface area (Å²) >= 11 is 0. The number of anilines is 1. The lowest BCUT2D eigenvalue weighted by molar-refractivity contribution is -0.384. The highest BCUT2D eigenvalue weighted by Gasteiger charge is 2.25. The summed E-state index contributed by atoms with van der Waals surface area (Å²) in [6.07, 6.45) is 3.98. The first-order chi connectivity index (χ1) is 8.22. The maximum Gasteiger partial charge on any atom is 0.311 e. The van der Waals surface area contributed by atoms with Crippen LogP contribution in [0, 0.1) is 16.0 Å². The van der Waals surface area contributed by atoms with Gasteiger partial charge in [0.2, 0.25) is 5.82 Å². The van der Waals surface area contributed by atoms with Crippen LogP contribution in [0.3, 0.4) is 0 Å². The van der Waals surface area contributed by atoms with Crippen LogP contribution >= 0.6 is 0 Å². The molecule has 1 saturated heterocycles. The van der Waals surface area contributed by atoms with Crippen molar-refractivity contribution in [3.8, 4) is 0 Å². The van der Waals surface area contributed by atoms with E-state index in [-0.39, 0.29) is 11.6 Å². The van der Waals surface area contributed by atoms with E-state index in [9.17, 15) is 14.9 Å². The highest BCUT2D eigenvalue weighted by molar-refractivity contribution is 5.59. The number of rotatable bonds is 3. The van der Waals surface area contributed by atoms with Crippen LogP contribution < -0.4 is 4.90 Å². The number of aldehydes is 1. The zero-order valence-corrected chi connectivity index (χ0v) is 9.28. The van der Waals surface area contributed by atoms with Crippen LogP contribution in [0.5, 0.6) is 0 Å². The number of nitrogens with zero attached hydrogens (tertiary/aromatic N) is 3. The van der Waals surface area contributed by atoms with Crippen molar-refractivity contribution < 1.29 is 9.72 Å². The summed E-state index contributed by atoms with van der Waals surface area (Å²) in [5, 5.41) is 10.9. The zero-order valence-electron chi connectivity index (χ0n) is 9.28. The molecule has 0 radical (unpaired) electrons. The van der Waals surface area contributed by atoms with Gasteiger partial charge in [0.05, 0.1) is 4.92 Å². The molecule has 1 aliphatic heterocycles. The highest BCUT2D eigenvalue weighted by atomic mass is 16.6. The number of carbonyl (C=O) groups excluding carboxylic acids is 1. The van der Waals surface area contributed by atoms with Gasteiger partial charge < -0.3 is 9.69 Å². The van der Waals surface area contributed by atoms with E-state index in [1.165, 1.54) is 6.07 Å². The van der Waals surface area contributed by atoms with E-state index < -0.39 is 4.92 Å². The van der Waals surface area contributed by atoms with Gasteiger partial charge in [-0.2, -0.15) is 0 Å². The van der Waals surface area contributed by atoms with Crippen LogP contribution in [0.4, 0.5) is 11.5 Å². The molecule has 1 aromatic heterocycles. The number of aromatic nitrogens is 1. The molecule has 1 fully saturated rings. The Morgan fingerprint density at radius 1 is 1.47 bits per heavy atom. The fourth-order valence-corrected chi connectivity index (χ4v) is 2.02. The average Bonchev–Trinajstić information content (AvgIpc) is 2.39. The van der Waals surface area contributed by atoms with Crippen LogP contribution in [0.25, 0.3) is 0 Å². The fourth-order valence-electron chi connectivity index (χ4n) is 2.02. The Hall–Kier alpha value is -1.98. The lowest BCUT2D eigenvalue weighted by Gasteiger charge is -2.29. The summed E-state index contributed by atoms with van der Waals surface area (Å²) in [5.74, 6) is 0.482. The molecule has 0 bridgehead atoms. The van der Waals surface area contributed by atoms with Gasteiger partial charge in [0.1, 0.15) is 6.29 Å². The fraction of sp³-hybridized carbons (Fsp3) is 0.455. The lowest BCUT2D eigenvalue weighted by atomic mass is 9.98. The molecule has 0 N–H and O–H groups in total. The maximum absolute atomic E-state index is 10.9. The van der Waals surface area contributed by atoms with Gasteiger partial charge in [0.15, 0.2) is 0 Å². The van der Waals surface area contributed by atoms with Crippen LogP contribution in [0.2, 0.25) is 0 Å². The predicted molar refractivity (Wildman–Crippen MR) is 61.9 cm³/mol. The predicted octanol–water partition coefficient (Wildman–Crippen LogP) is 1.41. The van der Waals surface area contributed by atoms with Crippen molar-refractivity contribution in [1.82, 2.24) is 4.98 Å². The van der Waals surface area contributed by atoms with Crippen LogP contribution in [0.15, 0.2) is 18.3 Å². The molecule has 0 atom stereocenters. The SMILES string of the molecule is O=CC1CCN(c2ncccc2[N+](=O)[O-])CC1. The summed E-state index contributed by atoms with van der Waals surface area (Å²) in [5.41, 5.74) is 0.0250. The van der Waals surface area contributed by atoms with Crippen molar-refractivity contribution in [3.63, 3.8) is 0 Å². The average molecular weight is 235 g/mol. The molecular formula is C11H13N3O3. The van der Waals surface area contributed by atoms with Gasteiger partial charge in [0.25, 0.3) is 0 Å². The molecule has 6 heteroatoms. The van der Waals surface area contributed by atoms with Gasteiger partial charge in [-0.15, -0.1) is 0 Å². The van der Waals surface area contributed by atoms with Gasteiger partial charge in [-0.1, -0.05) is 0 Å².